The van der Waals surface area contributed by atoms with Gasteiger partial charge in [-0.1, -0.05) is 69.9 Å². The molecular formula is C30H38O8. The number of aryl methyl sites for hydroxylation is 1. The maximum atomic E-state index is 13.5. The molecule has 0 bridgehead atoms. The van der Waals surface area contributed by atoms with Crippen molar-refractivity contribution in [2.24, 2.45) is 0 Å². The lowest BCUT2D eigenvalue weighted by atomic mass is 9.90. The smallest absolute Gasteiger partial charge is 0.340 e. The minimum Gasteiger partial charge on any atom is -0.504 e. The number of rotatable bonds is 15. The van der Waals surface area contributed by atoms with E-state index in [1.54, 1.807) is 12.1 Å². The number of ether oxygens (including phenoxy) is 2. The summed E-state index contributed by atoms with van der Waals surface area (Å²) in [4.78, 5) is 52.6. The Kier molecular flexibility index (Phi) is 12.0. The maximum absolute atomic E-state index is 13.5. The van der Waals surface area contributed by atoms with E-state index in [0.717, 1.165) is 5.56 Å². The molecule has 2 aromatic rings. The number of benzene rings is 2. The normalized spacial score (nSPS) is 10.7. The third kappa shape index (κ3) is 7.91. The van der Waals surface area contributed by atoms with Gasteiger partial charge in [-0.3, -0.25) is 14.4 Å². The molecule has 0 atom stereocenters. The highest BCUT2D eigenvalue weighted by molar-refractivity contribution is 6.17. The second-order valence-corrected chi connectivity index (χ2v) is 9.34. The van der Waals surface area contributed by atoms with E-state index in [1.165, 1.54) is 0 Å². The fourth-order valence-electron chi connectivity index (χ4n) is 3.86. The molecule has 2 N–H and O–H groups in total. The fourth-order valence-corrected chi connectivity index (χ4v) is 3.86. The molecular weight excluding hydrogens is 488 g/mol. The predicted octanol–water partition coefficient (Wildman–Crippen LogP) is 6.60. The summed E-state index contributed by atoms with van der Waals surface area (Å²) < 4.78 is 10.8. The summed E-state index contributed by atoms with van der Waals surface area (Å²) in [7, 11) is 0. The van der Waals surface area contributed by atoms with Crippen molar-refractivity contribution in [1.29, 1.82) is 0 Å². The van der Waals surface area contributed by atoms with Crippen LogP contribution in [0.5, 0.6) is 17.2 Å². The van der Waals surface area contributed by atoms with Gasteiger partial charge in [0.1, 0.15) is 6.61 Å². The third-order valence-corrected chi connectivity index (χ3v) is 6.12. The summed E-state index contributed by atoms with van der Waals surface area (Å²) in [6, 6.07) is 7.25. The molecule has 0 heterocycles. The van der Waals surface area contributed by atoms with Gasteiger partial charge in [-0.05, 0) is 31.7 Å². The molecule has 8 nitrogen and oxygen atoms in total. The van der Waals surface area contributed by atoms with Crippen molar-refractivity contribution in [2.45, 2.75) is 92.1 Å². The summed E-state index contributed by atoms with van der Waals surface area (Å²) in [6.45, 7) is 7.40. The maximum Gasteiger partial charge on any atom is 0.340 e. The van der Waals surface area contributed by atoms with E-state index in [0.29, 0.717) is 44.1 Å². The van der Waals surface area contributed by atoms with Crippen molar-refractivity contribution in [3.05, 3.63) is 52.1 Å². The van der Waals surface area contributed by atoms with Gasteiger partial charge in [-0.15, -0.1) is 0 Å². The van der Waals surface area contributed by atoms with E-state index in [2.05, 4.69) is 0 Å². The first-order valence-corrected chi connectivity index (χ1v) is 13.3. The second-order valence-electron chi connectivity index (χ2n) is 9.34. The number of phenolic OH excluding ortho intramolecular Hbond substituents is 2. The number of hydrogen-bond donors (Lipinski definition) is 2. The Morgan fingerprint density at radius 3 is 1.79 bits per heavy atom. The highest BCUT2D eigenvalue weighted by Gasteiger charge is 2.36. The van der Waals surface area contributed by atoms with E-state index >= 15 is 0 Å². The van der Waals surface area contributed by atoms with Crippen molar-refractivity contribution in [2.75, 3.05) is 0 Å². The molecule has 2 aromatic carbocycles. The molecule has 0 saturated heterocycles. The van der Waals surface area contributed by atoms with Crippen LogP contribution >= 0.6 is 0 Å². The largest absolute Gasteiger partial charge is 0.504 e. The summed E-state index contributed by atoms with van der Waals surface area (Å²) >= 11 is 0. The van der Waals surface area contributed by atoms with E-state index in [4.69, 9.17) is 9.47 Å². The number of esters is 2. The number of aromatic hydroxyl groups is 2. The molecule has 0 saturated carbocycles. The zero-order chi connectivity index (χ0) is 28.2. The summed E-state index contributed by atoms with van der Waals surface area (Å²) in [5.41, 5.74) is 0.278. The van der Waals surface area contributed by atoms with Gasteiger partial charge in [0.05, 0.1) is 16.7 Å². The average Bonchev–Trinajstić information content (AvgIpc) is 2.90. The SMILES string of the molecule is CCCCC(=O)Oc1c(O)c(O)c(C(=O)CCCC)c(C(=O)OCc2ccc(C)cc2)c1C(=O)CCCC. The molecule has 8 heteroatoms. The predicted molar refractivity (Wildman–Crippen MR) is 143 cm³/mol. The molecule has 0 spiro atoms. The van der Waals surface area contributed by atoms with Gasteiger partial charge in [-0.2, -0.15) is 0 Å². The van der Waals surface area contributed by atoms with Gasteiger partial charge in [0, 0.05) is 19.3 Å². The Morgan fingerprint density at radius 2 is 1.24 bits per heavy atom. The lowest BCUT2D eigenvalue weighted by molar-refractivity contribution is -0.134. The standard InChI is InChI=1S/C30H38O8/c1-5-8-11-21(31)24-26(30(36)37-18-20-16-14-19(4)15-17-20)25(22(32)12-9-6-2)29(28(35)27(24)34)38-23(33)13-10-7-3/h14-17,34-35H,5-13,18H2,1-4H3. The monoisotopic (exact) mass is 526 g/mol. The molecule has 2 rings (SSSR count). The molecule has 0 unspecified atom stereocenters. The van der Waals surface area contributed by atoms with Crippen LogP contribution in [0.1, 0.15) is 121 Å². The minimum absolute atomic E-state index is 0.00365. The van der Waals surface area contributed by atoms with Crippen LogP contribution in [0.4, 0.5) is 0 Å². The first-order valence-electron chi connectivity index (χ1n) is 13.3. The topological polar surface area (TPSA) is 127 Å². The first kappa shape index (κ1) is 30.5. The zero-order valence-electron chi connectivity index (χ0n) is 22.7. The van der Waals surface area contributed by atoms with E-state index < -0.39 is 57.4 Å². The number of ketones is 2. The molecule has 0 fully saturated rings. The molecule has 0 aliphatic rings. The quantitative estimate of drug-likeness (QED) is 0.115. The van der Waals surface area contributed by atoms with Crippen LogP contribution in [-0.2, 0) is 16.1 Å². The summed E-state index contributed by atoms with van der Waals surface area (Å²) in [6.07, 6.45) is 3.41. The van der Waals surface area contributed by atoms with Crippen molar-refractivity contribution >= 4 is 23.5 Å². The van der Waals surface area contributed by atoms with Crippen LogP contribution in [0, 0.1) is 6.92 Å². The Balaban J connectivity index is 2.71. The molecule has 0 aromatic heterocycles. The number of hydrogen-bond acceptors (Lipinski definition) is 8. The van der Waals surface area contributed by atoms with Crippen LogP contribution < -0.4 is 4.74 Å². The second kappa shape index (κ2) is 14.9. The lowest BCUT2D eigenvalue weighted by Gasteiger charge is -2.20. The Hall–Kier alpha value is -3.68. The Morgan fingerprint density at radius 1 is 0.711 bits per heavy atom. The molecule has 206 valence electrons. The molecule has 0 amide bonds. The van der Waals surface area contributed by atoms with Crippen molar-refractivity contribution in [3.63, 3.8) is 0 Å². The Labute approximate surface area is 224 Å². The lowest BCUT2D eigenvalue weighted by Crippen LogP contribution is -2.21. The van der Waals surface area contributed by atoms with E-state index in [9.17, 15) is 29.4 Å². The van der Waals surface area contributed by atoms with Gasteiger partial charge in [0.15, 0.2) is 23.1 Å². The highest BCUT2D eigenvalue weighted by Crippen LogP contribution is 2.46. The Bertz CT molecular complexity index is 1150. The summed E-state index contributed by atoms with van der Waals surface area (Å²) in [5.74, 6) is -5.48. The van der Waals surface area contributed by atoms with Gasteiger partial charge >= 0.3 is 11.9 Å². The van der Waals surface area contributed by atoms with Gasteiger partial charge in [0.2, 0.25) is 5.75 Å². The molecule has 0 radical (unpaired) electrons. The summed E-state index contributed by atoms with van der Waals surface area (Å²) in [5, 5.41) is 21.7. The number of phenols is 2. The number of Topliss-reactive ketones (excluding diaryl/α,β-unsaturated/α-hetero) is 2. The first-order chi connectivity index (χ1) is 18.2. The average molecular weight is 527 g/mol. The van der Waals surface area contributed by atoms with Crippen molar-refractivity contribution in [1.82, 2.24) is 0 Å². The number of unbranched alkanes of at least 4 members (excludes halogenated alkanes) is 3. The number of carbonyl (C=O) groups excluding carboxylic acids is 4. The third-order valence-electron chi connectivity index (χ3n) is 6.12. The van der Waals surface area contributed by atoms with Gasteiger partial charge < -0.3 is 19.7 Å². The van der Waals surface area contributed by atoms with Crippen molar-refractivity contribution in [3.8, 4) is 17.2 Å². The van der Waals surface area contributed by atoms with E-state index in [-0.39, 0.29) is 25.9 Å². The van der Waals surface area contributed by atoms with Crippen LogP contribution in [0.25, 0.3) is 0 Å². The number of carbonyl (C=O) groups is 4. The fraction of sp³-hybridized carbons (Fsp3) is 0.467. The van der Waals surface area contributed by atoms with Crippen LogP contribution in [-0.4, -0.2) is 33.7 Å². The zero-order valence-corrected chi connectivity index (χ0v) is 22.7. The molecule has 0 aliphatic carbocycles. The van der Waals surface area contributed by atoms with Crippen molar-refractivity contribution < 1.29 is 38.9 Å². The molecule has 0 aliphatic heterocycles. The van der Waals surface area contributed by atoms with E-state index in [1.807, 2.05) is 39.8 Å². The van der Waals surface area contributed by atoms with Gasteiger partial charge in [0.25, 0.3) is 0 Å². The van der Waals surface area contributed by atoms with Crippen LogP contribution in [0.2, 0.25) is 0 Å². The van der Waals surface area contributed by atoms with Gasteiger partial charge in [-0.25, -0.2) is 4.79 Å². The van der Waals surface area contributed by atoms with Crippen LogP contribution in [0.3, 0.4) is 0 Å². The molecule has 38 heavy (non-hydrogen) atoms. The minimum atomic E-state index is -1.04. The highest BCUT2D eigenvalue weighted by atomic mass is 16.5. The van der Waals surface area contributed by atoms with Crippen LogP contribution in [0.15, 0.2) is 24.3 Å².